The maximum absolute atomic E-state index is 12.1. The summed E-state index contributed by atoms with van der Waals surface area (Å²) in [4.78, 5) is 35.5. The lowest BCUT2D eigenvalue weighted by molar-refractivity contribution is -0.142. The fraction of sp³-hybridized carbons (Fsp3) is 0.357. The lowest BCUT2D eigenvalue weighted by Crippen LogP contribution is -2.14. The van der Waals surface area contributed by atoms with E-state index < -0.39 is 5.91 Å². The Labute approximate surface area is 136 Å². The Bertz CT molecular complexity index is 689. The largest absolute Gasteiger partial charge is 0.478 e. The zero-order chi connectivity index (χ0) is 16.7. The standard InChI is InChI=1S/C14H16N4O4S/c1-3-21-11-6-10(15-8-16-11)13(20)18-14-17-9(7-23-14)5-12(19)22-4-2/h6-8H,3-5H2,1-2H3,(H,17,18,20). The minimum atomic E-state index is -0.426. The summed E-state index contributed by atoms with van der Waals surface area (Å²) >= 11 is 1.22. The summed E-state index contributed by atoms with van der Waals surface area (Å²) in [6.07, 6.45) is 1.33. The van der Waals surface area contributed by atoms with Crippen molar-refractivity contribution in [1.29, 1.82) is 0 Å². The van der Waals surface area contributed by atoms with Crippen LogP contribution in [0.1, 0.15) is 30.0 Å². The minimum Gasteiger partial charge on any atom is -0.478 e. The van der Waals surface area contributed by atoms with Crippen molar-refractivity contribution in [3.8, 4) is 5.88 Å². The highest BCUT2D eigenvalue weighted by Gasteiger charge is 2.13. The van der Waals surface area contributed by atoms with Crippen molar-refractivity contribution in [1.82, 2.24) is 15.0 Å². The molecular formula is C14H16N4O4S. The van der Waals surface area contributed by atoms with Crippen LogP contribution in [0.3, 0.4) is 0 Å². The van der Waals surface area contributed by atoms with E-state index in [-0.39, 0.29) is 18.1 Å². The van der Waals surface area contributed by atoms with Gasteiger partial charge in [-0.3, -0.25) is 14.9 Å². The van der Waals surface area contributed by atoms with Gasteiger partial charge in [-0.25, -0.2) is 15.0 Å². The van der Waals surface area contributed by atoms with Gasteiger partial charge < -0.3 is 9.47 Å². The van der Waals surface area contributed by atoms with Gasteiger partial charge in [0.15, 0.2) is 5.13 Å². The van der Waals surface area contributed by atoms with Crippen LogP contribution in [0.2, 0.25) is 0 Å². The Morgan fingerprint density at radius 2 is 2.09 bits per heavy atom. The molecule has 1 N–H and O–H groups in total. The van der Waals surface area contributed by atoms with Gasteiger partial charge in [-0.15, -0.1) is 11.3 Å². The van der Waals surface area contributed by atoms with Crippen molar-refractivity contribution in [2.75, 3.05) is 18.5 Å². The Hall–Kier alpha value is -2.55. The van der Waals surface area contributed by atoms with E-state index in [1.165, 1.54) is 23.7 Å². The van der Waals surface area contributed by atoms with Crippen molar-refractivity contribution in [2.24, 2.45) is 0 Å². The monoisotopic (exact) mass is 336 g/mol. The van der Waals surface area contributed by atoms with Crippen molar-refractivity contribution in [3.05, 3.63) is 29.2 Å². The molecule has 0 saturated carbocycles. The van der Waals surface area contributed by atoms with Gasteiger partial charge in [-0.1, -0.05) is 0 Å². The number of carbonyl (C=O) groups excluding carboxylic acids is 2. The van der Waals surface area contributed by atoms with Gasteiger partial charge >= 0.3 is 5.97 Å². The Balaban J connectivity index is 1.99. The number of nitrogens with one attached hydrogen (secondary N) is 1. The third kappa shape index (κ3) is 4.99. The van der Waals surface area contributed by atoms with E-state index in [2.05, 4.69) is 20.3 Å². The van der Waals surface area contributed by atoms with E-state index in [1.54, 1.807) is 12.3 Å². The summed E-state index contributed by atoms with van der Waals surface area (Å²) in [7, 11) is 0. The molecule has 2 heterocycles. The third-order valence-electron chi connectivity index (χ3n) is 2.57. The van der Waals surface area contributed by atoms with Crippen LogP contribution in [0.4, 0.5) is 5.13 Å². The second-order valence-corrected chi connectivity index (χ2v) is 5.11. The maximum Gasteiger partial charge on any atom is 0.311 e. The second kappa shape index (κ2) is 8.18. The molecule has 0 aliphatic rings. The number of ether oxygens (including phenoxy) is 2. The molecule has 0 aliphatic carbocycles. The lowest BCUT2D eigenvalue weighted by Gasteiger charge is -2.04. The minimum absolute atomic E-state index is 0.0716. The van der Waals surface area contributed by atoms with E-state index in [1.807, 2.05) is 6.92 Å². The first-order valence-corrected chi connectivity index (χ1v) is 7.86. The molecule has 8 nitrogen and oxygen atoms in total. The van der Waals surface area contributed by atoms with Crippen molar-refractivity contribution < 1.29 is 19.1 Å². The Kier molecular flexibility index (Phi) is 5.98. The fourth-order valence-corrected chi connectivity index (χ4v) is 2.36. The molecule has 1 amide bonds. The molecule has 0 aliphatic heterocycles. The van der Waals surface area contributed by atoms with Crippen LogP contribution >= 0.6 is 11.3 Å². The summed E-state index contributed by atoms with van der Waals surface area (Å²) in [5, 5.41) is 4.70. The fourth-order valence-electron chi connectivity index (χ4n) is 1.66. The summed E-state index contributed by atoms with van der Waals surface area (Å²) in [5.74, 6) is -0.451. The lowest BCUT2D eigenvalue weighted by atomic mass is 10.3. The van der Waals surface area contributed by atoms with Gasteiger partial charge in [0.1, 0.15) is 12.0 Å². The number of thiazole rings is 1. The molecule has 0 aromatic carbocycles. The highest BCUT2D eigenvalue weighted by atomic mass is 32.1. The highest BCUT2D eigenvalue weighted by molar-refractivity contribution is 7.14. The zero-order valence-electron chi connectivity index (χ0n) is 12.7. The highest BCUT2D eigenvalue weighted by Crippen LogP contribution is 2.17. The molecular weight excluding hydrogens is 320 g/mol. The number of rotatable bonds is 7. The van der Waals surface area contributed by atoms with Gasteiger partial charge in [0.05, 0.1) is 25.3 Å². The molecule has 122 valence electrons. The van der Waals surface area contributed by atoms with Crippen molar-refractivity contribution in [3.63, 3.8) is 0 Å². The topological polar surface area (TPSA) is 103 Å². The number of carbonyl (C=O) groups is 2. The molecule has 2 rings (SSSR count). The number of amides is 1. The van der Waals surface area contributed by atoms with Gasteiger partial charge in [-0.05, 0) is 13.8 Å². The Morgan fingerprint density at radius 1 is 1.26 bits per heavy atom. The van der Waals surface area contributed by atoms with Gasteiger partial charge in [0.25, 0.3) is 5.91 Å². The molecule has 2 aromatic rings. The summed E-state index contributed by atoms with van der Waals surface area (Å²) < 4.78 is 10.1. The number of aromatic nitrogens is 3. The maximum atomic E-state index is 12.1. The molecule has 2 aromatic heterocycles. The summed E-state index contributed by atoms with van der Waals surface area (Å²) in [5.41, 5.74) is 0.715. The first-order chi connectivity index (χ1) is 11.1. The summed E-state index contributed by atoms with van der Waals surface area (Å²) in [6, 6.07) is 1.45. The van der Waals surface area contributed by atoms with Crippen LogP contribution in [0, 0.1) is 0 Å². The molecule has 0 unspecified atom stereocenters. The van der Waals surface area contributed by atoms with Crippen LogP contribution in [0.15, 0.2) is 17.8 Å². The SMILES string of the molecule is CCOC(=O)Cc1csc(NC(=O)c2cc(OCC)ncn2)n1. The molecule has 9 heteroatoms. The van der Waals surface area contributed by atoms with E-state index >= 15 is 0 Å². The van der Waals surface area contributed by atoms with Gasteiger partial charge in [0.2, 0.25) is 5.88 Å². The number of esters is 1. The molecule has 0 saturated heterocycles. The first-order valence-electron chi connectivity index (χ1n) is 6.98. The average Bonchev–Trinajstić information content (AvgIpc) is 2.95. The quantitative estimate of drug-likeness (QED) is 0.767. The van der Waals surface area contributed by atoms with Crippen LogP contribution in [0.5, 0.6) is 5.88 Å². The normalized spacial score (nSPS) is 10.2. The number of hydrogen-bond donors (Lipinski definition) is 1. The second-order valence-electron chi connectivity index (χ2n) is 4.25. The van der Waals surface area contributed by atoms with Crippen LogP contribution in [0.25, 0.3) is 0 Å². The van der Waals surface area contributed by atoms with Crippen molar-refractivity contribution >= 4 is 28.3 Å². The molecule has 23 heavy (non-hydrogen) atoms. The molecule has 0 bridgehead atoms. The Morgan fingerprint density at radius 3 is 2.83 bits per heavy atom. The summed E-state index contributed by atoms with van der Waals surface area (Å²) in [6.45, 7) is 4.33. The molecule has 0 atom stereocenters. The van der Waals surface area contributed by atoms with Crippen LogP contribution in [-0.4, -0.2) is 40.0 Å². The third-order valence-corrected chi connectivity index (χ3v) is 3.38. The predicted octanol–water partition coefficient (Wildman–Crippen LogP) is 1.69. The number of anilines is 1. The van der Waals surface area contributed by atoms with Gasteiger partial charge in [0, 0.05) is 11.4 Å². The van der Waals surface area contributed by atoms with E-state index in [0.29, 0.717) is 29.9 Å². The first kappa shape index (κ1) is 16.8. The molecule has 0 radical (unpaired) electrons. The number of nitrogens with zero attached hydrogens (tertiary/aromatic N) is 3. The van der Waals surface area contributed by atoms with E-state index in [9.17, 15) is 9.59 Å². The van der Waals surface area contributed by atoms with E-state index in [0.717, 1.165) is 0 Å². The molecule has 0 spiro atoms. The number of hydrogen-bond acceptors (Lipinski definition) is 8. The average molecular weight is 336 g/mol. The van der Waals surface area contributed by atoms with E-state index in [4.69, 9.17) is 9.47 Å². The van der Waals surface area contributed by atoms with Gasteiger partial charge in [-0.2, -0.15) is 0 Å². The zero-order valence-corrected chi connectivity index (χ0v) is 13.6. The predicted molar refractivity (Wildman–Crippen MR) is 83.6 cm³/mol. The molecule has 0 fully saturated rings. The van der Waals surface area contributed by atoms with Crippen LogP contribution in [-0.2, 0) is 16.0 Å². The van der Waals surface area contributed by atoms with Crippen molar-refractivity contribution in [2.45, 2.75) is 20.3 Å². The smallest absolute Gasteiger partial charge is 0.311 e. The van der Waals surface area contributed by atoms with Crippen LogP contribution < -0.4 is 10.1 Å².